The van der Waals surface area contributed by atoms with E-state index in [1.807, 2.05) is 19.0 Å². The van der Waals surface area contributed by atoms with E-state index in [4.69, 9.17) is 4.74 Å². The Morgan fingerprint density at radius 1 is 1.12 bits per heavy atom. The summed E-state index contributed by atoms with van der Waals surface area (Å²) in [6.45, 7) is 5.67. The molecular formula is C21H33N3O2. The fourth-order valence-corrected chi connectivity index (χ4v) is 3.86. The maximum absolute atomic E-state index is 12.7. The maximum atomic E-state index is 12.7. The van der Waals surface area contributed by atoms with Crippen LogP contribution in [0.4, 0.5) is 5.69 Å². The molecule has 2 fully saturated rings. The third kappa shape index (κ3) is 5.45. The molecule has 1 amide bonds. The van der Waals surface area contributed by atoms with Crippen molar-refractivity contribution in [2.75, 3.05) is 58.3 Å². The van der Waals surface area contributed by atoms with Crippen molar-refractivity contribution in [3.05, 3.63) is 29.8 Å². The van der Waals surface area contributed by atoms with Gasteiger partial charge in [-0.1, -0.05) is 12.1 Å². The molecule has 5 heteroatoms. The van der Waals surface area contributed by atoms with Crippen molar-refractivity contribution >= 4 is 11.6 Å². The quantitative estimate of drug-likeness (QED) is 0.781. The molecular weight excluding hydrogens is 326 g/mol. The van der Waals surface area contributed by atoms with Crippen LogP contribution in [0.3, 0.4) is 0 Å². The number of aryl methyl sites for hydroxylation is 1. The van der Waals surface area contributed by atoms with Crippen LogP contribution in [0.2, 0.25) is 0 Å². The first-order valence-electron chi connectivity index (χ1n) is 10.00. The van der Waals surface area contributed by atoms with Crippen molar-refractivity contribution in [1.82, 2.24) is 9.80 Å². The van der Waals surface area contributed by atoms with E-state index in [-0.39, 0.29) is 12.0 Å². The van der Waals surface area contributed by atoms with Crippen molar-refractivity contribution in [2.24, 2.45) is 0 Å². The second-order valence-electron chi connectivity index (χ2n) is 7.75. The number of carbonyl (C=O) groups excluding carboxylic acids is 1. The van der Waals surface area contributed by atoms with Gasteiger partial charge in [-0.05, 0) is 56.5 Å². The number of amides is 1. The monoisotopic (exact) mass is 359 g/mol. The molecule has 26 heavy (non-hydrogen) atoms. The maximum Gasteiger partial charge on any atom is 0.222 e. The number of nitrogens with zero attached hydrogens (tertiary/aromatic N) is 3. The largest absolute Gasteiger partial charge is 0.378 e. The third-order valence-electron chi connectivity index (χ3n) is 5.44. The zero-order valence-electron chi connectivity index (χ0n) is 16.3. The van der Waals surface area contributed by atoms with Gasteiger partial charge in [0.15, 0.2) is 0 Å². The van der Waals surface area contributed by atoms with Gasteiger partial charge in [0, 0.05) is 52.4 Å². The molecule has 1 unspecified atom stereocenters. The molecule has 5 nitrogen and oxygen atoms in total. The fraction of sp³-hybridized carbons (Fsp3) is 0.667. The zero-order chi connectivity index (χ0) is 18.4. The van der Waals surface area contributed by atoms with Crippen LogP contribution < -0.4 is 4.90 Å². The number of anilines is 1. The fourth-order valence-electron chi connectivity index (χ4n) is 3.86. The molecule has 144 valence electrons. The van der Waals surface area contributed by atoms with Crippen LogP contribution in [0.15, 0.2) is 24.3 Å². The van der Waals surface area contributed by atoms with Crippen molar-refractivity contribution in [3.8, 4) is 0 Å². The Bertz CT molecular complexity index is 567. The van der Waals surface area contributed by atoms with Gasteiger partial charge in [0.2, 0.25) is 5.91 Å². The van der Waals surface area contributed by atoms with Crippen molar-refractivity contribution < 1.29 is 9.53 Å². The summed E-state index contributed by atoms with van der Waals surface area (Å²) in [6.07, 6.45) is 5.08. The molecule has 0 aliphatic carbocycles. The van der Waals surface area contributed by atoms with Crippen LogP contribution in [0.1, 0.15) is 31.2 Å². The average molecular weight is 360 g/mol. The molecule has 1 atom stereocenters. The SMILES string of the molecule is CN(C)c1ccc(CCC(=O)N2CCCOC(CN3CCCC3)C2)cc1. The Hall–Kier alpha value is -1.59. The number of hydrogen-bond donors (Lipinski definition) is 0. The lowest BCUT2D eigenvalue weighted by atomic mass is 10.1. The van der Waals surface area contributed by atoms with Crippen LogP contribution >= 0.6 is 0 Å². The third-order valence-corrected chi connectivity index (χ3v) is 5.44. The predicted octanol–water partition coefficient (Wildman–Crippen LogP) is 2.40. The first-order valence-corrected chi connectivity index (χ1v) is 10.00. The topological polar surface area (TPSA) is 36.0 Å². The van der Waals surface area contributed by atoms with Gasteiger partial charge in [-0.25, -0.2) is 0 Å². The Morgan fingerprint density at radius 2 is 1.85 bits per heavy atom. The molecule has 0 spiro atoms. The second kappa shape index (κ2) is 9.38. The van der Waals surface area contributed by atoms with E-state index < -0.39 is 0 Å². The highest BCUT2D eigenvalue weighted by Crippen LogP contribution is 2.16. The van der Waals surface area contributed by atoms with E-state index in [9.17, 15) is 4.79 Å². The summed E-state index contributed by atoms with van der Waals surface area (Å²) >= 11 is 0. The molecule has 0 N–H and O–H groups in total. The lowest BCUT2D eigenvalue weighted by molar-refractivity contribution is -0.132. The molecule has 2 aliphatic heterocycles. The highest BCUT2D eigenvalue weighted by atomic mass is 16.5. The van der Waals surface area contributed by atoms with Gasteiger partial charge in [0.05, 0.1) is 6.10 Å². The van der Waals surface area contributed by atoms with Gasteiger partial charge in [-0.15, -0.1) is 0 Å². The zero-order valence-corrected chi connectivity index (χ0v) is 16.3. The smallest absolute Gasteiger partial charge is 0.222 e. The summed E-state index contributed by atoms with van der Waals surface area (Å²) in [6, 6.07) is 8.49. The van der Waals surface area contributed by atoms with Gasteiger partial charge in [0.1, 0.15) is 0 Å². The number of ether oxygens (including phenoxy) is 1. The Balaban J connectivity index is 1.49. The van der Waals surface area contributed by atoms with Gasteiger partial charge >= 0.3 is 0 Å². The van der Waals surface area contributed by atoms with E-state index >= 15 is 0 Å². The highest BCUT2D eigenvalue weighted by Gasteiger charge is 2.25. The molecule has 2 heterocycles. The normalized spacial score (nSPS) is 21.6. The second-order valence-corrected chi connectivity index (χ2v) is 7.75. The van der Waals surface area contributed by atoms with Gasteiger partial charge < -0.3 is 19.4 Å². The summed E-state index contributed by atoms with van der Waals surface area (Å²) in [7, 11) is 4.08. The van der Waals surface area contributed by atoms with Crippen LogP contribution in [0.5, 0.6) is 0 Å². The average Bonchev–Trinajstić information content (AvgIpc) is 3.04. The van der Waals surface area contributed by atoms with Crippen molar-refractivity contribution in [1.29, 1.82) is 0 Å². The number of likely N-dealkylation sites (tertiary alicyclic amines) is 1. The summed E-state index contributed by atoms with van der Waals surface area (Å²) in [5.41, 5.74) is 2.41. The van der Waals surface area contributed by atoms with E-state index in [0.29, 0.717) is 6.42 Å². The predicted molar refractivity (Wildman–Crippen MR) is 106 cm³/mol. The number of carbonyl (C=O) groups is 1. The van der Waals surface area contributed by atoms with E-state index in [1.165, 1.54) is 37.2 Å². The van der Waals surface area contributed by atoms with Gasteiger partial charge in [0.25, 0.3) is 0 Å². The molecule has 0 saturated carbocycles. The number of hydrogen-bond acceptors (Lipinski definition) is 4. The van der Waals surface area contributed by atoms with E-state index in [1.54, 1.807) is 0 Å². The highest BCUT2D eigenvalue weighted by molar-refractivity contribution is 5.76. The molecule has 1 aromatic rings. The Labute approximate surface area is 157 Å². The van der Waals surface area contributed by atoms with Crippen molar-refractivity contribution in [2.45, 2.75) is 38.2 Å². The van der Waals surface area contributed by atoms with Crippen molar-refractivity contribution in [3.63, 3.8) is 0 Å². The summed E-state index contributed by atoms with van der Waals surface area (Å²) in [5.74, 6) is 0.263. The Kier molecular flexibility index (Phi) is 6.92. The first kappa shape index (κ1) is 19.2. The number of benzene rings is 1. The first-order chi connectivity index (χ1) is 12.6. The summed E-state index contributed by atoms with van der Waals surface area (Å²) in [5, 5.41) is 0. The molecule has 0 aromatic heterocycles. The van der Waals surface area contributed by atoms with Crippen LogP contribution in [-0.2, 0) is 16.0 Å². The summed E-state index contributed by atoms with van der Waals surface area (Å²) in [4.78, 5) is 19.3. The minimum absolute atomic E-state index is 0.166. The lowest BCUT2D eigenvalue weighted by Crippen LogP contribution is -2.41. The van der Waals surface area contributed by atoms with Gasteiger partial charge in [-0.2, -0.15) is 0 Å². The van der Waals surface area contributed by atoms with Crippen LogP contribution in [-0.4, -0.2) is 75.2 Å². The molecule has 3 rings (SSSR count). The standard InChI is InChI=1S/C21H33N3O2/c1-22(2)19-9-6-18(7-10-19)8-11-21(25)24-14-5-15-26-20(17-24)16-23-12-3-4-13-23/h6-7,9-10,20H,3-5,8,11-17H2,1-2H3. The minimum Gasteiger partial charge on any atom is -0.378 e. The Morgan fingerprint density at radius 3 is 2.54 bits per heavy atom. The molecule has 2 aliphatic rings. The van der Waals surface area contributed by atoms with Crippen LogP contribution in [0.25, 0.3) is 0 Å². The molecule has 1 aromatic carbocycles. The molecule has 0 bridgehead atoms. The summed E-state index contributed by atoms with van der Waals surface area (Å²) < 4.78 is 6.00. The van der Waals surface area contributed by atoms with Gasteiger partial charge in [-0.3, -0.25) is 4.79 Å². The number of rotatable bonds is 6. The van der Waals surface area contributed by atoms with E-state index in [2.05, 4.69) is 34.1 Å². The molecule has 0 radical (unpaired) electrons. The van der Waals surface area contributed by atoms with E-state index in [0.717, 1.165) is 39.1 Å². The molecule has 2 saturated heterocycles. The lowest BCUT2D eigenvalue weighted by Gasteiger charge is -2.27. The van der Waals surface area contributed by atoms with Crippen LogP contribution in [0, 0.1) is 0 Å². The minimum atomic E-state index is 0.166.